The van der Waals surface area contributed by atoms with Gasteiger partial charge in [-0.2, -0.15) is 0 Å². The van der Waals surface area contributed by atoms with E-state index in [9.17, 15) is 0 Å². The van der Waals surface area contributed by atoms with Crippen LogP contribution in [0, 0.1) is 0 Å². The summed E-state index contributed by atoms with van der Waals surface area (Å²) >= 11 is 27.8. The molecule has 0 unspecified atom stereocenters. The Kier molecular flexibility index (Phi) is 4.48. The van der Waals surface area contributed by atoms with Crippen molar-refractivity contribution in [2.24, 2.45) is 0 Å². The standard InChI is InChI=1S/C5H7Cl5/c1-2-3-4(6,7)5(8,9)10/h2-3H2,1H3. The zero-order valence-corrected chi connectivity index (χ0v) is 9.08. The Labute approximate surface area is 85.7 Å². The number of halogens is 5. The van der Waals surface area contributed by atoms with E-state index in [4.69, 9.17) is 58.0 Å². The Morgan fingerprint density at radius 1 is 1.00 bits per heavy atom. The van der Waals surface area contributed by atoms with Crippen LogP contribution in [0.25, 0.3) is 0 Å². The fourth-order valence-electron chi connectivity index (χ4n) is 0.456. The lowest BCUT2D eigenvalue weighted by Crippen LogP contribution is -2.30. The molecule has 0 aromatic carbocycles. The van der Waals surface area contributed by atoms with Gasteiger partial charge in [0.1, 0.15) is 0 Å². The average molecular weight is 244 g/mol. The Bertz CT molecular complexity index is 103. The van der Waals surface area contributed by atoms with Gasteiger partial charge in [-0.1, -0.05) is 71.3 Å². The molecule has 0 spiro atoms. The summed E-state index contributed by atoms with van der Waals surface area (Å²) < 4.78 is -2.88. The van der Waals surface area contributed by atoms with E-state index in [0.29, 0.717) is 6.42 Å². The predicted octanol–water partition coefficient (Wildman–Crippen LogP) is 4.33. The summed E-state index contributed by atoms with van der Waals surface area (Å²) in [5.74, 6) is 0. The molecule has 0 fully saturated rings. The van der Waals surface area contributed by atoms with Crippen LogP contribution in [0.3, 0.4) is 0 Å². The Hall–Kier alpha value is 1.45. The molecular formula is C5H7Cl5. The minimum Gasteiger partial charge on any atom is -0.0969 e. The molecule has 0 bridgehead atoms. The molecule has 0 rings (SSSR count). The lowest BCUT2D eigenvalue weighted by Gasteiger charge is -2.26. The van der Waals surface area contributed by atoms with Gasteiger partial charge >= 0.3 is 0 Å². The summed E-state index contributed by atoms with van der Waals surface area (Å²) in [7, 11) is 0. The minimum absolute atomic E-state index is 0.465. The van der Waals surface area contributed by atoms with E-state index >= 15 is 0 Å². The highest BCUT2D eigenvalue weighted by Gasteiger charge is 2.44. The van der Waals surface area contributed by atoms with Crippen molar-refractivity contribution in [2.45, 2.75) is 27.9 Å². The Morgan fingerprint density at radius 2 is 1.40 bits per heavy atom. The van der Waals surface area contributed by atoms with Crippen molar-refractivity contribution in [1.82, 2.24) is 0 Å². The molecule has 62 valence electrons. The highest BCUT2D eigenvalue weighted by atomic mass is 35.6. The molecule has 0 radical (unpaired) electrons. The van der Waals surface area contributed by atoms with Crippen molar-refractivity contribution in [3.05, 3.63) is 0 Å². The van der Waals surface area contributed by atoms with E-state index in [2.05, 4.69) is 0 Å². The molecule has 0 aliphatic carbocycles. The van der Waals surface area contributed by atoms with Gasteiger partial charge in [-0.25, -0.2) is 0 Å². The Morgan fingerprint density at radius 3 is 1.50 bits per heavy atom. The van der Waals surface area contributed by atoms with E-state index in [1.165, 1.54) is 0 Å². The smallest absolute Gasteiger partial charge is 0.0969 e. The van der Waals surface area contributed by atoms with Crippen LogP contribution in [0.2, 0.25) is 0 Å². The van der Waals surface area contributed by atoms with Crippen LogP contribution in [-0.2, 0) is 0 Å². The SMILES string of the molecule is CCCC(Cl)(Cl)C(Cl)(Cl)Cl. The van der Waals surface area contributed by atoms with E-state index in [-0.39, 0.29) is 0 Å². The van der Waals surface area contributed by atoms with Crippen LogP contribution in [0.4, 0.5) is 0 Å². The van der Waals surface area contributed by atoms with Gasteiger partial charge in [0.25, 0.3) is 0 Å². The highest BCUT2D eigenvalue weighted by Crippen LogP contribution is 2.48. The molecule has 0 aromatic rings. The van der Waals surface area contributed by atoms with Crippen LogP contribution < -0.4 is 0 Å². The number of rotatable bonds is 2. The topological polar surface area (TPSA) is 0 Å². The van der Waals surface area contributed by atoms with Crippen molar-refractivity contribution in [1.29, 1.82) is 0 Å². The number of hydrogen-bond donors (Lipinski definition) is 0. The molecule has 0 N–H and O–H groups in total. The van der Waals surface area contributed by atoms with E-state index in [1.807, 2.05) is 6.92 Å². The molecule has 0 heterocycles. The third-order valence-electron chi connectivity index (χ3n) is 0.979. The fourth-order valence-corrected chi connectivity index (χ4v) is 1.12. The minimum atomic E-state index is -1.61. The molecule has 0 aromatic heterocycles. The van der Waals surface area contributed by atoms with Crippen molar-refractivity contribution in [3.8, 4) is 0 Å². The lowest BCUT2D eigenvalue weighted by atomic mass is 10.2. The first-order valence-electron chi connectivity index (χ1n) is 2.76. The van der Waals surface area contributed by atoms with E-state index < -0.39 is 8.13 Å². The van der Waals surface area contributed by atoms with Gasteiger partial charge in [-0.15, -0.1) is 0 Å². The predicted molar refractivity (Wildman–Crippen MR) is 49.6 cm³/mol. The first-order valence-corrected chi connectivity index (χ1v) is 4.65. The zero-order chi connectivity index (χ0) is 8.41. The molecule has 10 heavy (non-hydrogen) atoms. The van der Waals surface area contributed by atoms with Crippen molar-refractivity contribution in [2.75, 3.05) is 0 Å². The average Bonchev–Trinajstić information content (AvgIpc) is 1.61. The quantitative estimate of drug-likeness (QED) is 0.634. The van der Waals surface area contributed by atoms with Crippen LogP contribution in [-0.4, -0.2) is 8.13 Å². The monoisotopic (exact) mass is 242 g/mol. The normalized spacial score (nSPS) is 13.8. The molecule has 0 saturated carbocycles. The number of hydrogen-bond acceptors (Lipinski definition) is 0. The second-order valence-corrected chi connectivity index (χ2v) is 5.72. The largest absolute Gasteiger partial charge is 0.223 e. The molecule has 0 amide bonds. The first-order chi connectivity index (χ1) is 4.31. The summed E-state index contributed by atoms with van der Waals surface area (Å²) in [4.78, 5) is 0. The second-order valence-electron chi connectivity index (χ2n) is 1.95. The summed E-state index contributed by atoms with van der Waals surface area (Å²) in [5, 5.41) is 0. The van der Waals surface area contributed by atoms with Gasteiger partial charge in [-0.3, -0.25) is 0 Å². The van der Waals surface area contributed by atoms with Gasteiger partial charge in [0.15, 0.2) is 4.33 Å². The van der Waals surface area contributed by atoms with Crippen molar-refractivity contribution in [3.63, 3.8) is 0 Å². The lowest BCUT2D eigenvalue weighted by molar-refractivity contribution is 0.688. The molecular weight excluding hydrogens is 237 g/mol. The second kappa shape index (κ2) is 3.91. The van der Waals surface area contributed by atoms with E-state index in [0.717, 1.165) is 6.42 Å². The van der Waals surface area contributed by atoms with Crippen molar-refractivity contribution >= 4 is 58.0 Å². The molecule has 5 heteroatoms. The number of alkyl halides is 5. The van der Waals surface area contributed by atoms with E-state index in [1.54, 1.807) is 0 Å². The van der Waals surface area contributed by atoms with Gasteiger partial charge in [0.2, 0.25) is 3.79 Å². The fraction of sp³-hybridized carbons (Fsp3) is 1.00. The summed E-state index contributed by atoms with van der Waals surface area (Å²) in [5.41, 5.74) is 0. The van der Waals surface area contributed by atoms with Crippen LogP contribution in [0.5, 0.6) is 0 Å². The summed E-state index contributed by atoms with van der Waals surface area (Å²) in [6.45, 7) is 1.91. The van der Waals surface area contributed by atoms with Gasteiger partial charge in [0, 0.05) is 0 Å². The van der Waals surface area contributed by atoms with Crippen LogP contribution in [0.1, 0.15) is 19.8 Å². The summed E-state index contributed by atoms with van der Waals surface area (Å²) in [6.07, 6.45) is 1.24. The Balaban J connectivity index is 4.10. The highest BCUT2D eigenvalue weighted by molar-refractivity contribution is 6.75. The van der Waals surface area contributed by atoms with Gasteiger partial charge in [-0.05, 0) is 6.42 Å². The molecule has 0 atom stereocenters. The first kappa shape index (κ1) is 11.4. The third-order valence-corrected chi connectivity index (χ3v) is 3.47. The van der Waals surface area contributed by atoms with Crippen LogP contribution in [0.15, 0.2) is 0 Å². The van der Waals surface area contributed by atoms with Gasteiger partial charge in [0.05, 0.1) is 0 Å². The maximum atomic E-state index is 5.68. The molecule has 0 saturated heterocycles. The van der Waals surface area contributed by atoms with Crippen LogP contribution >= 0.6 is 58.0 Å². The molecule has 0 aliphatic rings. The van der Waals surface area contributed by atoms with Gasteiger partial charge < -0.3 is 0 Å². The maximum Gasteiger partial charge on any atom is 0.223 e. The third kappa shape index (κ3) is 3.23. The molecule has 0 aliphatic heterocycles. The zero-order valence-electron chi connectivity index (χ0n) is 5.30. The maximum absolute atomic E-state index is 5.68. The van der Waals surface area contributed by atoms with Crippen molar-refractivity contribution < 1.29 is 0 Å². The summed E-state index contributed by atoms with van der Waals surface area (Å²) in [6, 6.07) is 0. The molecule has 0 nitrogen and oxygen atoms in total.